The lowest BCUT2D eigenvalue weighted by Crippen LogP contribution is -2.28. The van der Waals surface area contributed by atoms with Crippen molar-refractivity contribution >= 4 is 15.9 Å². The number of aryl methyl sites for hydroxylation is 1. The Bertz CT molecular complexity index is 653. The zero-order valence-electron chi connectivity index (χ0n) is 12.1. The zero-order valence-corrected chi connectivity index (χ0v) is 13.7. The van der Waals surface area contributed by atoms with Gasteiger partial charge in [0.15, 0.2) is 0 Å². The number of ether oxygens (including phenoxy) is 1. The summed E-state index contributed by atoms with van der Waals surface area (Å²) >= 11 is 3.49. The van der Waals surface area contributed by atoms with Crippen molar-refractivity contribution in [2.45, 2.75) is 31.8 Å². The van der Waals surface area contributed by atoms with Crippen LogP contribution in [-0.2, 0) is 12.0 Å². The molecule has 2 aromatic carbocycles. The molecule has 0 bridgehead atoms. The maximum Gasteiger partial charge on any atom is 0.128 e. The number of benzene rings is 2. The lowest BCUT2D eigenvalue weighted by molar-refractivity contribution is 0.0719. The molecular formula is C18H19BrO2. The van der Waals surface area contributed by atoms with Crippen LogP contribution in [0.4, 0.5) is 0 Å². The summed E-state index contributed by atoms with van der Waals surface area (Å²) in [5.74, 6) is 0.869. The summed E-state index contributed by atoms with van der Waals surface area (Å²) in [7, 11) is 0. The van der Waals surface area contributed by atoms with Crippen molar-refractivity contribution in [3.63, 3.8) is 0 Å². The molecule has 0 spiro atoms. The summed E-state index contributed by atoms with van der Waals surface area (Å²) in [4.78, 5) is 0. The van der Waals surface area contributed by atoms with Gasteiger partial charge in [-0.05, 0) is 42.5 Å². The van der Waals surface area contributed by atoms with Gasteiger partial charge in [-0.3, -0.25) is 0 Å². The van der Waals surface area contributed by atoms with Crippen LogP contribution < -0.4 is 4.74 Å². The molecule has 1 aliphatic rings. The van der Waals surface area contributed by atoms with E-state index in [1.165, 1.54) is 5.56 Å². The molecule has 1 N–H and O–H groups in total. The second-order valence-corrected chi connectivity index (χ2v) is 6.39. The third kappa shape index (κ3) is 2.60. The van der Waals surface area contributed by atoms with Crippen LogP contribution in [0.1, 0.15) is 36.5 Å². The Morgan fingerprint density at radius 2 is 2.05 bits per heavy atom. The number of hydrogen-bond donors (Lipinski definition) is 1. The standard InChI is InChI=1S/C18H19BrO2/c1-2-18(20,14-8-4-9-15(19)12-14)16-10-3-6-13-7-5-11-21-17(13)16/h3-4,6,8-10,12,20H,2,5,7,11H2,1H3. The van der Waals surface area contributed by atoms with Gasteiger partial charge < -0.3 is 9.84 Å². The third-order valence-electron chi connectivity index (χ3n) is 4.19. The van der Waals surface area contributed by atoms with E-state index in [1.54, 1.807) is 0 Å². The molecule has 1 aliphatic heterocycles. The fourth-order valence-electron chi connectivity index (χ4n) is 3.01. The molecule has 0 radical (unpaired) electrons. The molecule has 3 rings (SSSR count). The van der Waals surface area contributed by atoms with Crippen LogP contribution in [0.2, 0.25) is 0 Å². The van der Waals surface area contributed by atoms with Gasteiger partial charge in [-0.2, -0.15) is 0 Å². The summed E-state index contributed by atoms with van der Waals surface area (Å²) < 4.78 is 6.85. The Hall–Kier alpha value is -1.32. The van der Waals surface area contributed by atoms with E-state index in [4.69, 9.17) is 4.74 Å². The molecule has 2 nitrogen and oxygen atoms in total. The van der Waals surface area contributed by atoms with E-state index >= 15 is 0 Å². The van der Waals surface area contributed by atoms with Crippen molar-refractivity contribution in [3.8, 4) is 5.75 Å². The van der Waals surface area contributed by atoms with E-state index in [9.17, 15) is 5.11 Å². The van der Waals surface area contributed by atoms with Gasteiger partial charge >= 0.3 is 0 Å². The molecular weight excluding hydrogens is 328 g/mol. The molecule has 0 saturated carbocycles. The second-order valence-electron chi connectivity index (χ2n) is 5.47. The highest BCUT2D eigenvalue weighted by molar-refractivity contribution is 9.10. The molecule has 0 aliphatic carbocycles. The lowest BCUT2D eigenvalue weighted by atomic mass is 9.82. The van der Waals surface area contributed by atoms with Crippen LogP contribution in [0.15, 0.2) is 46.9 Å². The summed E-state index contributed by atoms with van der Waals surface area (Å²) in [6, 6.07) is 14.0. The van der Waals surface area contributed by atoms with Gasteiger partial charge in [-0.25, -0.2) is 0 Å². The molecule has 1 unspecified atom stereocenters. The average molecular weight is 347 g/mol. The Balaban J connectivity index is 2.16. The molecule has 0 saturated heterocycles. The van der Waals surface area contributed by atoms with E-state index in [0.717, 1.165) is 40.8 Å². The maximum absolute atomic E-state index is 11.3. The summed E-state index contributed by atoms with van der Waals surface area (Å²) in [6.07, 6.45) is 2.66. The number of halogens is 1. The van der Waals surface area contributed by atoms with Crippen LogP contribution in [0, 0.1) is 0 Å². The van der Waals surface area contributed by atoms with Crippen molar-refractivity contribution in [2.24, 2.45) is 0 Å². The van der Waals surface area contributed by atoms with Crippen LogP contribution in [0.25, 0.3) is 0 Å². The highest BCUT2D eigenvalue weighted by Gasteiger charge is 2.34. The highest BCUT2D eigenvalue weighted by atomic mass is 79.9. The fourth-order valence-corrected chi connectivity index (χ4v) is 3.41. The minimum Gasteiger partial charge on any atom is -0.493 e. The minimum atomic E-state index is -1.02. The Kier molecular flexibility index (Phi) is 4.05. The van der Waals surface area contributed by atoms with Crippen molar-refractivity contribution in [1.82, 2.24) is 0 Å². The summed E-state index contributed by atoms with van der Waals surface area (Å²) in [5, 5.41) is 11.3. The van der Waals surface area contributed by atoms with Crippen molar-refractivity contribution < 1.29 is 9.84 Å². The van der Waals surface area contributed by atoms with E-state index in [2.05, 4.69) is 22.0 Å². The number of aliphatic hydroxyl groups is 1. The van der Waals surface area contributed by atoms with Crippen LogP contribution in [-0.4, -0.2) is 11.7 Å². The second kappa shape index (κ2) is 5.82. The molecule has 21 heavy (non-hydrogen) atoms. The Morgan fingerprint density at radius 1 is 1.24 bits per heavy atom. The fraction of sp³-hybridized carbons (Fsp3) is 0.333. The Morgan fingerprint density at radius 3 is 2.81 bits per heavy atom. The summed E-state index contributed by atoms with van der Waals surface area (Å²) in [6.45, 7) is 2.73. The molecule has 1 heterocycles. The first-order chi connectivity index (χ1) is 10.1. The molecule has 1 atom stereocenters. The first-order valence-corrected chi connectivity index (χ1v) is 8.18. The summed E-state index contributed by atoms with van der Waals surface area (Å²) in [5.41, 5.74) is 1.94. The first-order valence-electron chi connectivity index (χ1n) is 7.38. The monoisotopic (exact) mass is 346 g/mol. The van der Waals surface area contributed by atoms with E-state index in [0.29, 0.717) is 6.42 Å². The smallest absolute Gasteiger partial charge is 0.128 e. The van der Waals surface area contributed by atoms with Crippen molar-refractivity contribution in [1.29, 1.82) is 0 Å². The van der Waals surface area contributed by atoms with Gasteiger partial charge in [0.05, 0.1) is 6.61 Å². The average Bonchev–Trinajstić information content (AvgIpc) is 2.53. The minimum absolute atomic E-state index is 0.600. The molecule has 2 aromatic rings. The highest BCUT2D eigenvalue weighted by Crippen LogP contribution is 2.41. The van der Waals surface area contributed by atoms with Gasteiger partial charge in [0.25, 0.3) is 0 Å². The van der Waals surface area contributed by atoms with Gasteiger partial charge in [-0.1, -0.05) is 53.2 Å². The molecule has 0 fully saturated rings. The lowest BCUT2D eigenvalue weighted by Gasteiger charge is -2.32. The van der Waals surface area contributed by atoms with Crippen molar-refractivity contribution in [2.75, 3.05) is 6.61 Å². The molecule has 0 aromatic heterocycles. The van der Waals surface area contributed by atoms with Gasteiger partial charge in [0.2, 0.25) is 0 Å². The SMILES string of the molecule is CCC(O)(c1cccc(Br)c1)c1cccc2c1OCCC2. The first kappa shape index (κ1) is 14.6. The topological polar surface area (TPSA) is 29.5 Å². The number of rotatable bonds is 3. The van der Waals surface area contributed by atoms with Crippen LogP contribution in [0.5, 0.6) is 5.75 Å². The normalized spacial score (nSPS) is 16.7. The quantitative estimate of drug-likeness (QED) is 0.891. The number of fused-ring (bicyclic) bond motifs is 1. The van der Waals surface area contributed by atoms with Gasteiger partial charge in [0.1, 0.15) is 11.4 Å². The predicted octanol–water partition coefficient (Wildman–Crippen LogP) is 4.42. The van der Waals surface area contributed by atoms with E-state index in [-0.39, 0.29) is 0 Å². The van der Waals surface area contributed by atoms with E-state index in [1.807, 2.05) is 43.3 Å². The molecule has 0 amide bonds. The van der Waals surface area contributed by atoms with Gasteiger partial charge in [0, 0.05) is 10.0 Å². The maximum atomic E-state index is 11.3. The predicted molar refractivity (Wildman–Crippen MR) is 87.7 cm³/mol. The largest absolute Gasteiger partial charge is 0.493 e. The third-order valence-corrected chi connectivity index (χ3v) is 4.69. The van der Waals surface area contributed by atoms with Gasteiger partial charge in [-0.15, -0.1) is 0 Å². The number of para-hydroxylation sites is 1. The Labute approximate surface area is 133 Å². The molecule has 110 valence electrons. The van der Waals surface area contributed by atoms with Crippen LogP contribution in [0.3, 0.4) is 0 Å². The number of hydrogen-bond acceptors (Lipinski definition) is 2. The van der Waals surface area contributed by atoms with E-state index < -0.39 is 5.60 Å². The van der Waals surface area contributed by atoms with Crippen LogP contribution >= 0.6 is 15.9 Å². The zero-order chi connectivity index (χ0) is 14.9. The molecule has 3 heteroatoms. The van der Waals surface area contributed by atoms with Crippen molar-refractivity contribution in [3.05, 3.63) is 63.6 Å².